The highest BCUT2D eigenvalue weighted by molar-refractivity contribution is 6.21. The van der Waals surface area contributed by atoms with Crippen molar-refractivity contribution in [3.63, 3.8) is 0 Å². The summed E-state index contributed by atoms with van der Waals surface area (Å²) in [4.78, 5) is 194. The molecule has 24 nitrogen and oxygen atoms in total. The van der Waals surface area contributed by atoms with E-state index in [2.05, 4.69) is 16.0 Å². The van der Waals surface area contributed by atoms with Gasteiger partial charge in [-0.2, -0.15) is 13.2 Å². The van der Waals surface area contributed by atoms with Crippen molar-refractivity contribution in [3.05, 3.63) is 0 Å². The van der Waals surface area contributed by atoms with Crippen molar-refractivity contribution < 1.29 is 70.7 Å². The van der Waals surface area contributed by atoms with Crippen LogP contribution >= 0.6 is 11.6 Å². The number of nitrogens with one attached hydrogen (secondary N) is 3. The summed E-state index contributed by atoms with van der Waals surface area (Å²) in [6.07, 6.45) is 5.11. The lowest BCUT2D eigenvalue weighted by atomic mass is 9.78. The number of hydrogen-bond acceptors (Lipinski definition) is 12. The number of hydrogen-bond donors (Lipinski definition) is 3. The largest absolute Gasteiger partial charge is 0.393 e. The second-order valence-corrected chi connectivity index (χ2v) is 31.9. The van der Waals surface area contributed by atoms with Gasteiger partial charge in [0.1, 0.15) is 59.9 Å². The molecular formula is C73H116ClF3N12O12. The van der Waals surface area contributed by atoms with Gasteiger partial charge in [-0.15, -0.1) is 11.6 Å². The molecule has 8 aliphatic rings. The highest BCUT2D eigenvalue weighted by atomic mass is 35.5. The zero-order valence-electron chi connectivity index (χ0n) is 61.8. The summed E-state index contributed by atoms with van der Waals surface area (Å²) < 4.78 is 42.1. The van der Waals surface area contributed by atoms with Gasteiger partial charge in [0.25, 0.3) is 0 Å². The van der Waals surface area contributed by atoms with Crippen molar-refractivity contribution in [1.82, 2.24) is 60.0 Å². The van der Waals surface area contributed by atoms with E-state index in [0.29, 0.717) is 83.7 Å². The molecule has 12 amide bonds. The van der Waals surface area contributed by atoms with E-state index in [4.69, 9.17) is 11.6 Å². The van der Waals surface area contributed by atoms with Crippen molar-refractivity contribution in [1.29, 1.82) is 0 Å². The number of alkyl halides is 4. The van der Waals surface area contributed by atoms with Crippen LogP contribution in [-0.4, -0.2) is 261 Å². The fourth-order valence-corrected chi connectivity index (χ4v) is 17.7. The summed E-state index contributed by atoms with van der Waals surface area (Å²) >= 11 is 6.41. The van der Waals surface area contributed by atoms with E-state index in [1.807, 2.05) is 27.7 Å². The molecule has 28 heteroatoms. The van der Waals surface area contributed by atoms with Gasteiger partial charge in [0.2, 0.25) is 70.9 Å². The number of carbonyl (C=O) groups excluding carboxylic acids is 12. The summed E-state index contributed by atoms with van der Waals surface area (Å²) in [5.74, 6) is -10.4. The topological polar surface area (TPSA) is 270 Å². The molecule has 568 valence electrons. The van der Waals surface area contributed by atoms with Gasteiger partial charge in [-0.3, -0.25) is 57.5 Å². The zero-order chi connectivity index (χ0) is 74.1. The first-order valence-electron chi connectivity index (χ1n) is 37.9. The molecule has 101 heavy (non-hydrogen) atoms. The van der Waals surface area contributed by atoms with Crippen molar-refractivity contribution >= 4 is 82.5 Å². The summed E-state index contributed by atoms with van der Waals surface area (Å²) in [6.45, 7) is 11.3. The number of carbonyl (C=O) groups is 12. The molecule has 1 spiro atoms. The third-order valence-corrected chi connectivity index (χ3v) is 24.5. The van der Waals surface area contributed by atoms with Crippen LogP contribution < -0.4 is 16.0 Å². The zero-order valence-corrected chi connectivity index (χ0v) is 62.6. The third-order valence-electron chi connectivity index (χ3n) is 24.0. The molecule has 3 unspecified atom stereocenters. The molecule has 0 bridgehead atoms. The van der Waals surface area contributed by atoms with E-state index in [1.165, 1.54) is 74.3 Å². The fraction of sp³-hybridized carbons (Fsp3) is 0.836. The van der Waals surface area contributed by atoms with Gasteiger partial charge in [-0.25, -0.2) is 0 Å². The lowest BCUT2D eigenvalue weighted by molar-refractivity contribution is -0.182. The van der Waals surface area contributed by atoms with Crippen molar-refractivity contribution in [2.24, 2.45) is 35.5 Å². The predicted molar refractivity (Wildman–Crippen MR) is 372 cm³/mol. The van der Waals surface area contributed by atoms with Crippen LogP contribution in [0.2, 0.25) is 0 Å². The van der Waals surface area contributed by atoms with E-state index < -0.39 is 167 Å². The van der Waals surface area contributed by atoms with E-state index in [1.54, 1.807) is 18.9 Å². The van der Waals surface area contributed by atoms with Gasteiger partial charge in [0, 0.05) is 73.3 Å². The number of halogens is 4. The number of piperidine rings is 1. The van der Waals surface area contributed by atoms with Gasteiger partial charge in [0.15, 0.2) is 0 Å². The Kier molecular flexibility index (Phi) is 27.9. The predicted octanol–water partition coefficient (Wildman–Crippen LogP) is 6.24. The highest BCUT2D eigenvalue weighted by Gasteiger charge is 2.54. The summed E-state index contributed by atoms with van der Waals surface area (Å²) in [5, 5.41) is 7.71. The molecule has 4 heterocycles. The van der Waals surface area contributed by atoms with E-state index >= 15 is 33.6 Å². The van der Waals surface area contributed by atoms with Crippen LogP contribution in [0, 0.1) is 35.5 Å². The van der Waals surface area contributed by atoms with Crippen molar-refractivity contribution in [2.75, 3.05) is 74.5 Å². The maximum atomic E-state index is 16.1. The number of nitrogens with zero attached hydrogens (tertiary/aromatic N) is 9. The summed E-state index contributed by atoms with van der Waals surface area (Å²) in [6, 6.07) is -10.6. The monoisotopic (exact) mass is 1440 g/mol. The van der Waals surface area contributed by atoms with Crippen LogP contribution in [0.5, 0.6) is 0 Å². The summed E-state index contributed by atoms with van der Waals surface area (Å²) in [5.41, 5.74) is -1.55. The SMILES string of the molecule is CCCN1C(=O)[C@H](C2CCCC2)N(C)C(=O)C2(CCCC2)NC(=O)[C@@H]2CCCN2C(=O)[C@H](CCC2CCC(C(F)(F)F)C(Cl)C2)NC(=O)CN(C)C(=O)[C@H](C2CCC2)N(C)C(=O)[C@@H]2CCN2C(=O)[C@H](C)N(C)C(=O)[C@H]([C@@H](C)CC)NC(=O)[C@H](CC(C)C)N(C)C(=O)C[C@H]1C(=O)N1CCCCC1. The number of likely N-dealkylation sites (N-methyl/N-ethyl adjacent to an activating group) is 5. The van der Waals surface area contributed by atoms with Crippen LogP contribution in [0.25, 0.3) is 0 Å². The van der Waals surface area contributed by atoms with Crippen molar-refractivity contribution in [2.45, 2.75) is 280 Å². The molecule has 4 aliphatic heterocycles. The number of fused-ring (bicyclic) bond motifs is 2. The number of amides is 12. The molecule has 0 radical (unpaired) electrons. The van der Waals surface area contributed by atoms with Crippen LogP contribution in [0.15, 0.2) is 0 Å². The average Bonchev–Trinajstić information content (AvgIpc) is 1.76. The molecule has 0 aromatic rings. The fourth-order valence-electron chi connectivity index (χ4n) is 17.2. The van der Waals surface area contributed by atoms with Gasteiger partial charge < -0.3 is 60.0 Å². The Hall–Kier alpha value is -6.28. The third kappa shape index (κ3) is 18.4. The van der Waals surface area contributed by atoms with E-state index in [0.717, 1.165) is 25.7 Å². The molecule has 8 rings (SSSR count). The Morgan fingerprint density at radius 2 is 1.24 bits per heavy atom. The van der Waals surface area contributed by atoms with Gasteiger partial charge in [0.05, 0.1) is 18.9 Å². The maximum Gasteiger partial charge on any atom is 0.393 e. The lowest BCUT2D eigenvalue weighted by Gasteiger charge is -2.46. The van der Waals surface area contributed by atoms with Crippen LogP contribution in [0.3, 0.4) is 0 Å². The molecule has 0 aromatic carbocycles. The van der Waals surface area contributed by atoms with Crippen LogP contribution in [0.4, 0.5) is 13.2 Å². The van der Waals surface area contributed by atoms with Crippen LogP contribution in [0.1, 0.15) is 208 Å². The first-order chi connectivity index (χ1) is 47.8. The Balaban J connectivity index is 1.18. The van der Waals surface area contributed by atoms with E-state index in [9.17, 15) is 37.1 Å². The molecule has 3 N–H and O–H groups in total. The second kappa shape index (κ2) is 35.0. The van der Waals surface area contributed by atoms with Gasteiger partial charge >= 0.3 is 6.18 Å². The van der Waals surface area contributed by atoms with Gasteiger partial charge in [-0.1, -0.05) is 73.1 Å². The van der Waals surface area contributed by atoms with Crippen molar-refractivity contribution in [3.8, 4) is 0 Å². The minimum Gasteiger partial charge on any atom is -0.343 e. The smallest absolute Gasteiger partial charge is 0.343 e. The number of likely N-dealkylation sites (tertiary alicyclic amines) is 1. The number of rotatable bonds is 12. The van der Waals surface area contributed by atoms with Gasteiger partial charge in [-0.05, 0) is 159 Å². The molecule has 4 saturated carbocycles. The molecule has 13 atom stereocenters. The molecule has 4 saturated heterocycles. The first-order valence-corrected chi connectivity index (χ1v) is 38.3. The minimum absolute atomic E-state index is 0.00547. The molecular weight excluding hydrogens is 1330 g/mol. The first kappa shape index (κ1) is 80.4. The molecule has 0 aromatic heterocycles. The lowest BCUT2D eigenvalue weighted by Crippen LogP contribution is -2.66. The minimum atomic E-state index is -4.50. The second-order valence-electron chi connectivity index (χ2n) is 31.3. The quantitative estimate of drug-likeness (QED) is 0.184. The normalized spacial score (nSPS) is 31.5. The van der Waals surface area contributed by atoms with Crippen LogP contribution in [-0.2, 0) is 57.5 Å². The maximum absolute atomic E-state index is 16.1. The summed E-state index contributed by atoms with van der Waals surface area (Å²) in [7, 11) is 7.37. The highest BCUT2D eigenvalue weighted by Crippen LogP contribution is 2.44. The molecule has 4 aliphatic carbocycles. The standard InChI is InChI=1S/C73H116ClF3N12O12/c1-12-35-87-56(67(97)86-36-19-14-20-37-86)42-58(91)83(9)55(40-44(3)4)62(92)79-59(45(5)13-2)68(98)82(8)46(6)64(94)89-39-32-54(89)66(96)84(10)60(49-25-21-26-49)69(99)81(7)43-57(90)78-52(31-29-47-28-30-50(51(74)41-47)73(75,76)77)65(95)88-38-22-27-53(88)63(93)80-72(33-17-18-34-72)71(101)85(11)61(70(87)100)48-23-15-16-24-48/h44-56,59-61H,12-43H2,1-11H3,(H,78,90)(H,79,92)(H,80,93)/t45-,46-,47?,50?,51?,52-,53-,54-,55-,56-,59-,60-,61-/m0/s1. The Bertz CT molecular complexity index is 3000. The Morgan fingerprint density at radius 1 is 0.614 bits per heavy atom. The Labute approximate surface area is 600 Å². The van der Waals surface area contributed by atoms with E-state index in [-0.39, 0.29) is 108 Å². The average molecular weight is 1450 g/mol. The molecule has 8 fully saturated rings. The Morgan fingerprint density at radius 3 is 1.80 bits per heavy atom.